The van der Waals surface area contributed by atoms with Gasteiger partial charge in [0, 0.05) is 12.1 Å². The van der Waals surface area contributed by atoms with Gasteiger partial charge in [-0.3, -0.25) is 9.59 Å². The molecule has 0 heterocycles. The van der Waals surface area contributed by atoms with Gasteiger partial charge in [0.2, 0.25) is 5.91 Å². The number of ether oxygens (including phenoxy) is 1. The number of nitrogens with one attached hydrogen (secondary N) is 2. The largest absolute Gasteiger partial charge is 0.497 e. The minimum Gasteiger partial charge on any atom is -0.497 e. The van der Waals surface area contributed by atoms with Crippen LogP contribution in [0.4, 0.5) is 0 Å². The lowest BCUT2D eigenvalue weighted by Gasteiger charge is -2.27. The van der Waals surface area contributed by atoms with Crippen molar-refractivity contribution >= 4 is 11.8 Å². The highest BCUT2D eigenvalue weighted by Crippen LogP contribution is 2.19. The fraction of sp³-hybridized carbons (Fsp3) is 0.440. The van der Waals surface area contributed by atoms with Crippen molar-refractivity contribution in [3.63, 3.8) is 0 Å². The number of hydrogen-bond acceptors (Lipinski definition) is 4. The molecule has 0 spiro atoms. The molecule has 2 amide bonds. The average molecular weight is 426 g/mol. The first-order chi connectivity index (χ1) is 14.8. The number of amides is 2. The van der Waals surface area contributed by atoms with Gasteiger partial charge in [-0.15, -0.1) is 0 Å². The van der Waals surface area contributed by atoms with Gasteiger partial charge in [0.1, 0.15) is 11.8 Å². The van der Waals surface area contributed by atoms with Crippen molar-refractivity contribution in [3.8, 4) is 5.75 Å². The highest BCUT2D eigenvalue weighted by Gasteiger charge is 2.26. The second kappa shape index (κ2) is 11.5. The Morgan fingerprint density at radius 1 is 1.00 bits per heavy atom. The first-order valence-electron chi connectivity index (χ1n) is 10.7. The van der Waals surface area contributed by atoms with Crippen LogP contribution in [-0.2, 0) is 11.2 Å². The molecule has 2 N–H and O–H groups in total. The molecule has 6 heteroatoms. The Bertz CT molecular complexity index is 845. The third-order valence-electron chi connectivity index (χ3n) is 5.45. The molecule has 0 radical (unpaired) electrons. The van der Waals surface area contributed by atoms with Gasteiger partial charge in [-0.2, -0.15) is 0 Å². The van der Waals surface area contributed by atoms with Crippen LogP contribution in [-0.4, -0.2) is 50.5 Å². The van der Waals surface area contributed by atoms with Gasteiger partial charge in [-0.1, -0.05) is 45.0 Å². The maximum atomic E-state index is 12.9. The molecule has 0 aromatic heterocycles. The lowest BCUT2D eigenvalue weighted by atomic mass is 10.0. The van der Waals surface area contributed by atoms with Gasteiger partial charge in [-0.05, 0) is 61.8 Å². The number of hydrogen-bond donors (Lipinski definition) is 2. The monoisotopic (exact) mass is 425 g/mol. The maximum Gasteiger partial charge on any atom is 0.251 e. The molecular weight excluding hydrogens is 390 g/mol. The smallest absolute Gasteiger partial charge is 0.251 e. The van der Waals surface area contributed by atoms with Gasteiger partial charge >= 0.3 is 0 Å². The van der Waals surface area contributed by atoms with E-state index in [0.717, 1.165) is 12.0 Å². The lowest BCUT2D eigenvalue weighted by molar-refractivity contribution is -0.124. The fourth-order valence-electron chi connectivity index (χ4n) is 3.38. The summed E-state index contributed by atoms with van der Waals surface area (Å²) in [6, 6.07) is 14.7. The normalized spacial score (nSPS) is 13.0. The number of carbonyl (C=O) groups excluding carboxylic acids is 2. The van der Waals surface area contributed by atoms with Crippen LogP contribution in [0.3, 0.4) is 0 Å². The summed E-state index contributed by atoms with van der Waals surface area (Å²) in [5, 5.41) is 5.90. The number of rotatable bonds is 10. The van der Waals surface area contributed by atoms with E-state index in [0.29, 0.717) is 17.9 Å². The summed E-state index contributed by atoms with van der Waals surface area (Å²) in [6.45, 7) is 6.43. The minimum absolute atomic E-state index is 0.0416. The van der Waals surface area contributed by atoms with Crippen molar-refractivity contribution < 1.29 is 14.3 Å². The van der Waals surface area contributed by atoms with Crippen LogP contribution in [0.15, 0.2) is 48.5 Å². The summed E-state index contributed by atoms with van der Waals surface area (Å²) in [5.74, 6) is 0.157. The fourth-order valence-corrected chi connectivity index (χ4v) is 3.38. The predicted molar refractivity (Wildman–Crippen MR) is 124 cm³/mol. The van der Waals surface area contributed by atoms with E-state index in [1.165, 1.54) is 5.56 Å². The zero-order valence-corrected chi connectivity index (χ0v) is 19.4. The maximum absolute atomic E-state index is 12.9. The predicted octanol–water partition coefficient (Wildman–Crippen LogP) is 3.43. The van der Waals surface area contributed by atoms with Crippen LogP contribution in [0.25, 0.3) is 0 Å². The van der Waals surface area contributed by atoms with Crippen LogP contribution >= 0.6 is 0 Å². The van der Waals surface area contributed by atoms with Crippen molar-refractivity contribution in [2.45, 2.75) is 39.3 Å². The first-order valence-corrected chi connectivity index (χ1v) is 10.7. The summed E-state index contributed by atoms with van der Waals surface area (Å²) < 4.78 is 5.13. The van der Waals surface area contributed by atoms with E-state index < -0.39 is 6.04 Å². The van der Waals surface area contributed by atoms with Crippen LogP contribution < -0.4 is 15.4 Å². The third kappa shape index (κ3) is 6.82. The number of carbonyl (C=O) groups is 2. The van der Waals surface area contributed by atoms with Crippen molar-refractivity contribution in [1.82, 2.24) is 15.5 Å². The van der Waals surface area contributed by atoms with E-state index in [1.54, 1.807) is 31.4 Å². The molecule has 168 valence electrons. The molecule has 0 aliphatic carbocycles. The quantitative estimate of drug-likeness (QED) is 0.612. The standard InChI is InChI=1S/C25H35N3O3/c1-7-18-8-10-19(11-9-18)22(28(4)5)16-26-25(30)23(17(2)3)27-24(29)20-12-14-21(31-6)15-13-20/h8-15,17,22-23H,7,16H2,1-6H3,(H,26,30)(H,27,29). The minimum atomic E-state index is -0.625. The van der Waals surface area contributed by atoms with Crippen LogP contribution in [0.2, 0.25) is 0 Å². The number of likely N-dealkylation sites (N-methyl/N-ethyl adjacent to an activating group) is 1. The Morgan fingerprint density at radius 2 is 1.61 bits per heavy atom. The van der Waals surface area contributed by atoms with E-state index in [9.17, 15) is 9.59 Å². The Morgan fingerprint density at radius 3 is 2.10 bits per heavy atom. The molecule has 31 heavy (non-hydrogen) atoms. The van der Waals surface area contributed by atoms with Gasteiger partial charge < -0.3 is 20.3 Å². The molecule has 2 unspecified atom stereocenters. The Kier molecular flexibility index (Phi) is 9.06. The second-order valence-electron chi connectivity index (χ2n) is 8.24. The number of aryl methyl sites for hydroxylation is 1. The average Bonchev–Trinajstić information content (AvgIpc) is 2.77. The van der Waals surface area contributed by atoms with Crippen LogP contribution in [0.5, 0.6) is 5.75 Å². The number of methoxy groups -OCH3 is 1. The van der Waals surface area contributed by atoms with E-state index in [4.69, 9.17) is 4.74 Å². The lowest BCUT2D eigenvalue weighted by Crippen LogP contribution is -2.51. The molecule has 2 atom stereocenters. The summed E-state index contributed by atoms with van der Waals surface area (Å²) in [4.78, 5) is 27.7. The molecule has 2 aromatic carbocycles. The molecule has 0 bridgehead atoms. The van der Waals surface area contributed by atoms with Crippen LogP contribution in [0, 0.1) is 5.92 Å². The summed E-state index contributed by atoms with van der Waals surface area (Å²) in [6.07, 6.45) is 0.994. The summed E-state index contributed by atoms with van der Waals surface area (Å²) in [5.41, 5.74) is 2.92. The van der Waals surface area contributed by atoms with E-state index >= 15 is 0 Å². The zero-order valence-electron chi connectivity index (χ0n) is 19.4. The van der Waals surface area contributed by atoms with E-state index in [2.05, 4.69) is 46.7 Å². The number of benzene rings is 2. The topological polar surface area (TPSA) is 70.7 Å². The van der Waals surface area contributed by atoms with Gasteiger partial charge in [0.05, 0.1) is 13.2 Å². The van der Waals surface area contributed by atoms with Gasteiger partial charge in [0.15, 0.2) is 0 Å². The molecule has 2 rings (SSSR count). The Hall–Kier alpha value is -2.86. The van der Waals surface area contributed by atoms with Crippen molar-refractivity contribution in [2.75, 3.05) is 27.7 Å². The zero-order chi connectivity index (χ0) is 23.0. The van der Waals surface area contributed by atoms with Crippen molar-refractivity contribution in [2.24, 2.45) is 5.92 Å². The van der Waals surface area contributed by atoms with Gasteiger partial charge in [-0.25, -0.2) is 0 Å². The molecule has 0 saturated heterocycles. The molecule has 6 nitrogen and oxygen atoms in total. The Balaban J connectivity index is 2.04. The summed E-state index contributed by atoms with van der Waals surface area (Å²) >= 11 is 0. The highest BCUT2D eigenvalue weighted by atomic mass is 16.5. The molecule has 0 fully saturated rings. The molecular formula is C25H35N3O3. The van der Waals surface area contributed by atoms with Crippen LogP contribution in [0.1, 0.15) is 48.3 Å². The molecule has 0 aliphatic heterocycles. The third-order valence-corrected chi connectivity index (χ3v) is 5.45. The van der Waals surface area contributed by atoms with Crippen molar-refractivity contribution in [3.05, 3.63) is 65.2 Å². The SMILES string of the molecule is CCc1ccc(C(CNC(=O)C(NC(=O)c2ccc(OC)cc2)C(C)C)N(C)C)cc1. The van der Waals surface area contributed by atoms with Gasteiger partial charge in [0.25, 0.3) is 5.91 Å². The van der Waals surface area contributed by atoms with E-state index in [-0.39, 0.29) is 23.8 Å². The first kappa shape index (κ1) is 24.4. The number of nitrogens with zero attached hydrogens (tertiary/aromatic N) is 1. The highest BCUT2D eigenvalue weighted by molar-refractivity contribution is 5.97. The second-order valence-corrected chi connectivity index (χ2v) is 8.24. The van der Waals surface area contributed by atoms with Crippen molar-refractivity contribution in [1.29, 1.82) is 0 Å². The summed E-state index contributed by atoms with van der Waals surface area (Å²) in [7, 11) is 5.57. The Labute approximate surface area is 186 Å². The molecule has 0 aliphatic rings. The molecule has 0 saturated carbocycles. The van der Waals surface area contributed by atoms with E-state index in [1.807, 2.05) is 27.9 Å². The molecule has 2 aromatic rings.